The number of hydrogen-bond donors (Lipinski definition) is 0. The van der Waals surface area contributed by atoms with Crippen molar-refractivity contribution in [3.63, 3.8) is 0 Å². The van der Waals surface area contributed by atoms with Crippen LogP contribution >= 0.6 is 0 Å². The molecule has 0 saturated carbocycles. The molecule has 0 amide bonds. The summed E-state index contributed by atoms with van der Waals surface area (Å²) in [4.78, 5) is 7.95. The highest BCUT2D eigenvalue weighted by molar-refractivity contribution is 6.22. The standard InChI is InChI=1S/C58H38N4/c1-3-13-38(14-4-1)40-23-25-43(26-24-40)57-59-58(61(57)46-30-27-41(28-31-46)39-15-5-2-6-16-39)62-53-34-32-47(37-51(53)50-35-44-18-7-8-19-45(44)36-55(50)62)60-52-22-12-11-21-49(52)56-48-20-10-9-17-42(48)29-33-54(56)60/h1-37,58H. The SMILES string of the molecule is c1ccc(-c2ccc(C3=NC(n4c5ccc(-n6c7ccccc7c7c8ccccc8ccc76)cc5c5cc6ccccc6cc54)N3c3ccc(-c4ccccc4)cc3)cc2)cc1. The average Bonchev–Trinajstić information content (AvgIpc) is 3.83. The molecular formula is C58H38N4. The first-order chi connectivity index (χ1) is 30.7. The van der Waals surface area contributed by atoms with Crippen molar-refractivity contribution >= 4 is 76.7 Å². The van der Waals surface area contributed by atoms with Crippen molar-refractivity contribution in [2.45, 2.75) is 6.29 Å². The molecule has 1 unspecified atom stereocenters. The van der Waals surface area contributed by atoms with Crippen LogP contribution in [-0.2, 0) is 0 Å². The number of rotatable bonds is 6. The van der Waals surface area contributed by atoms with E-state index in [9.17, 15) is 0 Å². The number of para-hydroxylation sites is 1. The lowest BCUT2D eigenvalue weighted by Crippen LogP contribution is -2.46. The Hall–Kier alpha value is -8.21. The van der Waals surface area contributed by atoms with E-state index in [2.05, 4.69) is 238 Å². The summed E-state index contributed by atoms with van der Waals surface area (Å²) in [6.45, 7) is 0. The average molecular weight is 791 g/mol. The van der Waals surface area contributed by atoms with E-state index in [0.717, 1.165) is 33.8 Å². The molecule has 4 heteroatoms. The van der Waals surface area contributed by atoms with Gasteiger partial charge in [0.05, 0.1) is 22.1 Å². The quantitative estimate of drug-likeness (QED) is 0.165. The van der Waals surface area contributed by atoms with E-state index in [1.165, 1.54) is 76.4 Å². The third kappa shape index (κ3) is 5.30. The fourth-order valence-electron chi connectivity index (χ4n) is 9.94. The molecule has 0 N–H and O–H groups in total. The summed E-state index contributed by atoms with van der Waals surface area (Å²) < 4.78 is 4.90. The topological polar surface area (TPSA) is 25.5 Å². The molecule has 1 aliphatic heterocycles. The van der Waals surface area contributed by atoms with Gasteiger partial charge in [0.2, 0.25) is 6.29 Å². The zero-order valence-corrected chi connectivity index (χ0v) is 33.7. The molecule has 0 spiro atoms. The van der Waals surface area contributed by atoms with E-state index < -0.39 is 0 Å². The van der Waals surface area contributed by atoms with Crippen molar-refractivity contribution in [2.75, 3.05) is 4.90 Å². The minimum absolute atomic E-state index is 0.312. The number of aliphatic imine (C=N–C) groups is 1. The lowest BCUT2D eigenvalue weighted by Gasteiger charge is -2.41. The molecule has 1 atom stereocenters. The molecule has 0 radical (unpaired) electrons. The van der Waals surface area contributed by atoms with Crippen LogP contribution in [0.25, 0.3) is 93.1 Å². The molecule has 3 heterocycles. The first-order valence-electron chi connectivity index (χ1n) is 21.3. The molecule has 4 nitrogen and oxygen atoms in total. The molecule has 0 fully saturated rings. The molecule has 12 aromatic rings. The van der Waals surface area contributed by atoms with Crippen LogP contribution in [0.1, 0.15) is 11.9 Å². The highest BCUT2D eigenvalue weighted by Crippen LogP contribution is 2.44. The van der Waals surface area contributed by atoms with E-state index in [-0.39, 0.29) is 6.29 Å². The number of amidine groups is 1. The van der Waals surface area contributed by atoms with Crippen LogP contribution in [-0.4, -0.2) is 15.0 Å². The normalized spacial score (nSPS) is 14.0. The lowest BCUT2D eigenvalue weighted by molar-refractivity contribution is 0.530. The van der Waals surface area contributed by atoms with Crippen LogP contribution in [0.5, 0.6) is 0 Å². The highest BCUT2D eigenvalue weighted by atomic mass is 15.5. The number of nitrogens with zero attached hydrogens (tertiary/aromatic N) is 4. The van der Waals surface area contributed by atoms with Crippen LogP contribution in [0.15, 0.2) is 229 Å². The highest BCUT2D eigenvalue weighted by Gasteiger charge is 2.36. The van der Waals surface area contributed by atoms with Crippen molar-refractivity contribution in [2.24, 2.45) is 4.99 Å². The van der Waals surface area contributed by atoms with Gasteiger partial charge in [-0.2, -0.15) is 0 Å². The van der Waals surface area contributed by atoms with E-state index in [0.29, 0.717) is 0 Å². The van der Waals surface area contributed by atoms with Gasteiger partial charge in [-0.25, -0.2) is 4.99 Å². The first-order valence-corrected chi connectivity index (χ1v) is 21.3. The van der Waals surface area contributed by atoms with Crippen molar-refractivity contribution in [3.05, 3.63) is 230 Å². The minimum Gasteiger partial charge on any atom is -0.309 e. The summed E-state index contributed by atoms with van der Waals surface area (Å²) in [7, 11) is 0. The van der Waals surface area contributed by atoms with Crippen molar-refractivity contribution in [3.8, 4) is 27.9 Å². The maximum absolute atomic E-state index is 5.54. The largest absolute Gasteiger partial charge is 0.309 e. The maximum atomic E-state index is 5.54. The maximum Gasteiger partial charge on any atom is 0.211 e. The first kappa shape index (κ1) is 34.6. The summed E-state index contributed by atoms with van der Waals surface area (Å²) >= 11 is 0. The second-order valence-corrected chi connectivity index (χ2v) is 16.3. The Balaban J connectivity index is 1.02. The Bertz CT molecular complexity index is 3730. The Morgan fingerprint density at radius 2 is 0.855 bits per heavy atom. The third-order valence-corrected chi connectivity index (χ3v) is 12.9. The molecule has 0 saturated heterocycles. The van der Waals surface area contributed by atoms with Gasteiger partial charge >= 0.3 is 0 Å². The number of aromatic nitrogens is 2. The van der Waals surface area contributed by atoms with E-state index in [4.69, 9.17) is 4.99 Å². The zero-order valence-electron chi connectivity index (χ0n) is 33.7. The van der Waals surface area contributed by atoms with Crippen LogP contribution in [0.4, 0.5) is 5.69 Å². The number of anilines is 1. The molecule has 0 bridgehead atoms. The predicted molar refractivity (Wildman–Crippen MR) is 261 cm³/mol. The summed E-state index contributed by atoms with van der Waals surface area (Å²) in [5, 5.41) is 9.90. The van der Waals surface area contributed by atoms with Gasteiger partial charge in [0.1, 0.15) is 5.84 Å². The molecule has 1 aliphatic rings. The summed E-state index contributed by atoms with van der Waals surface area (Å²) in [5.41, 5.74) is 12.8. The van der Waals surface area contributed by atoms with Gasteiger partial charge in [0.15, 0.2) is 0 Å². The van der Waals surface area contributed by atoms with Gasteiger partial charge in [-0.1, -0.05) is 170 Å². The molecule has 2 aromatic heterocycles. The summed E-state index contributed by atoms with van der Waals surface area (Å²) in [6, 6.07) is 81.5. The van der Waals surface area contributed by atoms with Gasteiger partial charge < -0.3 is 9.13 Å². The van der Waals surface area contributed by atoms with E-state index in [1.54, 1.807) is 0 Å². The molecular weight excluding hydrogens is 753 g/mol. The predicted octanol–water partition coefficient (Wildman–Crippen LogP) is 15.0. The fraction of sp³-hybridized carbons (Fsp3) is 0.0172. The van der Waals surface area contributed by atoms with Crippen molar-refractivity contribution < 1.29 is 0 Å². The second kappa shape index (κ2) is 13.7. The second-order valence-electron chi connectivity index (χ2n) is 16.3. The molecule has 62 heavy (non-hydrogen) atoms. The molecule has 10 aromatic carbocycles. The molecule has 13 rings (SSSR count). The number of benzene rings is 10. The Labute approximate surface area is 358 Å². The Morgan fingerprint density at radius 3 is 1.58 bits per heavy atom. The van der Waals surface area contributed by atoms with Crippen LogP contribution in [0.3, 0.4) is 0 Å². The van der Waals surface area contributed by atoms with Gasteiger partial charge in [-0.3, -0.25) is 4.90 Å². The van der Waals surface area contributed by atoms with Crippen LogP contribution in [0, 0.1) is 0 Å². The summed E-state index contributed by atoms with van der Waals surface area (Å²) in [6.07, 6.45) is -0.312. The lowest BCUT2D eigenvalue weighted by atomic mass is 10.0. The van der Waals surface area contributed by atoms with Gasteiger partial charge in [-0.15, -0.1) is 0 Å². The van der Waals surface area contributed by atoms with Crippen molar-refractivity contribution in [1.29, 1.82) is 0 Å². The van der Waals surface area contributed by atoms with Gasteiger partial charge in [0.25, 0.3) is 0 Å². The smallest absolute Gasteiger partial charge is 0.211 e. The van der Waals surface area contributed by atoms with Crippen LogP contribution in [0.2, 0.25) is 0 Å². The fourth-order valence-corrected chi connectivity index (χ4v) is 9.94. The number of hydrogen-bond acceptors (Lipinski definition) is 2. The molecule has 0 aliphatic carbocycles. The summed E-state index contributed by atoms with van der Waals surface area (Å²) in [5.74, 6) is 0.951. The van der Waals surface area contributed by atoms with Gasteiger partial charge in [0, 0.05) is 38.5 Å². The Kier molecular flexibility index (Phi) is 7.63. The van der Waals surface area contributed by atoms with E-state index in [1.807, 2.05) is 0 Å². The molecule has 290 valence electrons. The number of fused-ring (bicyclic) bond motifs is 9. The third-order valence-electron chi connectivity index (χ3n) is 12.9. The van der Waals surface area contributed by atoms with Gasteiger partial charge in [-0.05, 0) is 98.4 Å². The van der Waals surface area contributed by atoms with Crippen LogP contribution < -0.4 is 4.90 Å². The van der Waals surface area contributed by atoms with Crippen molar-refractivity contribution in [1.82, 2.24) is 9.13 Å². The zero-order chi connectivity index (χ0) is 40.7. The monoisotopic (exact) mass is 790 g/mol. The Morgan fingerprint density at radius 1 is 0.323 bits per heavy atom. The minimum atomic E-state index is -0.312. The van der Waals surface area contributed by atoms with E-state index >= 15 is 0 Å².